The van der Waals surface area contributed by atoms with Crippen LogP contribution in [0.2, 0.25) is 0 Å². The Morgan fingerprint density at radius 2 is 1.53 bits per heavy atom. The summed E-state index contributed by atoms with van der Waals surface area (Å²) in [5.74, 6) is -0.279. The van der Waals surface area contributed by atoms with E-state index in [0.717, 1.165) is 46.9 Å². The Labute approximate surface area is 199 Å². The van der Waals surface area contributed by atoms with Crippen LogP contribution in [0.5, 0.6) is 0 Å². The first-order chi connectivity index (χ1) is 16.3. The van der Waals surface area contributed by atoms with E-state index in [-0.39, 0.29) is 18.7 Å². The first-order valence-electron chi connectivity index (χ1n) is 12.4. The number of carbonyl (C=O) groups is 1. The molecule has 2 aromatic carbocycles. The van der Waals surface area contributed by atoms with Crippen LogP contribution in [0.25, 0.3) is 0 Å². The van der Waals surface area contributed by atoms with E-state index in [2.05, 4.69) is 23.2 Å². The maximum atomic E-state index is 12.9. The number of nitrogens with zero attached hydrogens (tertiary/aromatic N) is 2. The molecule has 0 unspecified atom stereocenters. The smallest absolute Gasteiger partial charge is 0.372 e. The molecule has 1 N–H and O–H groups in total. The molecule has 0 aromatic heterocycles. The molecule has 182 valence electrons. The van der Waals surface area contributed by atoms with Crippen molar-refractivity contribution in [2.24, 2.45) is 11.8 Å². The number of benzene rings is 2. The Kier molecular flexibility index (Phi) is 6.21. The number of piperidine rings is 1. The monoisotopic (exact) mass is 471 g/mol. The summed E-state index contributed by atoms with van der Waals surface area (Å²) >= 11 is 0. The fourth-order valence-corrected chi connectivity index (χ4v) is 5.66. The Hall–Kier alpha value is -2.70. The molecule has 3 aliphatic rings. The zero-order valence-electron chi connectivity index (χ0n) is 19.6. The molecular weight excluding hydrogens is 439 g/mol. The molecule has 0 radical (unpaired) electrons. The Morgan fingerprint density at radius 3 is 2.18 bits per heavy atom. The Balaban J connectivity index is 1.20. The summed E-state index contributed by atoms with van der Waals surface area (Å²) < 4.78 is 38.8. The van der Waals surface area contributed by atoms with Gasteiger partial charge in [-0.25, -0.2) is 0 Å². The van der Waals surface area contributed by atoms with E-state index in [9.17, 15) is 18.0 Å². The lowest BCUT2D eigenvalue weighted by molar-refractivity contribution is -0.179. The molecule has 2 aromatic rings. The van der Waals surface area contributed by atoms with Gasteiger partial charge in [-0.1, -0.05) is 6.92 Å². The third-order valence-electron chi connectivity index (χ3n) is 7.84. The van der Waals surface area contributed by atoms with Gasteiger partial charge in [0.15, 0.2) is 0 Å². The van der Waals surface area contributed by atoms with Crippen LogP contribution in [-0.2, 0) is 6.54 Å². The van der Waals surface area contributed by atoms with Crippen molar-refractivity contribution in [3.05, 3.63) is 53.6 Å². The van der Waals surface area contributed by atoms with Crippen LogP contribution in [-0.4, -0.2) is 36.1 Å². The lowest BCUT2D eigenvalue weighted by atomic mass is 9.86. The zero-order chi connectivity index (χ0) is 23.9. The standard InChI is InChI=1S/C27H32F3N3O/c1-18-2-7-24(8-3-18)33-17-19-16-22(6-11-25(19)26(33)34)31-21-4-9-23(10-5-21)32-14-12-20(13-15-32)27(28,29)30/h4-6,9-11,16,18,20,24,31H,2-3,7-8,12-15,17H2,1H3. The van der Waals surface area contributed by atoms with Gasteiger partial charge in [0.2, 0.25) is 0 Å². The summed E-state index contributed by atoms with van der Waals surface area (Å²) in [6.45, 7) is 3.81. The van der Waals surface area contributed by atoms with Crippen molar-refractivity contribution in [2.45, 2.75) is 64.2 Å². The van der Waals surface area contributed by atoms with E-state index in [0.29, 0.717) is 25.7 Å². The van der Waals surface area contributed by atoms with Gasteiger partial charge in [0.1, 0.15) is 0 Å². The number of fused-ring (bicyclic) bond motifs is 1. The van der Waals surface area contributed by atoms with Crippen LogP contribution in [0.4, 0.5) is 30.2 Å². The lowest BCUT2D eigenvalue weighted by Gasteiger charge is -2.34. The number of hydrogen-bond donors (Lipinski definition) is 1. The molecule has 1 saturated carbocycles. The Bertz CT molecular complexity index is 1020. The van der Waals surface area contributed by atoms with Crippen molar-refractivity contribution in [1.29, 1.82) is 0 Å². The average molecular weight is 472 g/mol. The molecule has 0 atom stereocenters. The highest BCUT2D eigenvalue weighted by molar-refractivity contribution is 5.99. The molecule has 0 spiro atoms. The van der Waals surface area contributed by atoms with Gasteiger partial charge in [-0.05, 0) is 92.5 Å². The number of hydrogen-bond acceptors (Lipinski definition) is 3. The Morgan fingerprint density at radius 1 is 0.882 bits per heavy atom. The summed E-state index contributed by atoms with van der Waals surface area (Å²) in [6, 6.07) is 14.1. The van der Waals surface area contributed by atoms with Gasteiger partial charge in [-0.15, -0.1) is 0 Å². The molecule has 34 heavy (non-hydrogen) atoms. The predicted molar refractivity (Wildman–Crippen MR) is 128 cm³/mol. The van der Waals surface area contributed by atoms with Crippen molar-refractivity contribution >= 4 is 23.0 Å². The second-order valence-electron chi connectivity index (χ2n) is 10.2. The van der Waals surface area contributed by atoms with E-state index in [1.807, 2.05) is 41.3 Å². The fourth-order valence-electron chi connectivity index (χ4n) is 5.66. The zero-order valence-corrected chi connectivity index (χ0v) is 19.6. The largest absolute Gasteiger partial charge is 0.391 e. The lowest BCUT2D eigenvalue weighted by Crippen LogP contribution is -2.38. The molecule has 2 aliphatic heterocycles. The SMILES string of the molecule is CC1CCC(N2Cc3cc(Nc4ccc(N5CCC(C(F)(F)F)CC5)cc4)ccc3C2=O)CC1. The van der Waals surface area contributed by atoms with Crippen LogP contribution in [0, 0.1) is 11.8 Å². The minimum atomic E-state index is -4.09. The molecule has 0 bridgehead atoms. The van der Waals surface area contributed by atoms with Gasteiger partial charge in [0.25, 0.3) is 5.91 Å². The number of halogens is 3. The normalized spacial score (nSPS) is 23.8. The molecular formula is C27H32F3N3O. The molecule has 4 nitrogen and oxygen atoms in total. The third-order valence-corrected chi connectivity index (χ3v) is 7.84. The molecule has 5 rings (SSSR count). The maximum absolute atomic E-state index is 12.9. The van der Waals surface area contributed by atoms with Crippen LogP contribution < -0.4 is 10.2 Å². The predicted octanol–water partition coefficient (Wildman–Crippen LogP) is 6.74. The number of alkyl halides is 3. The summed E-state index contributed by atoms with van der Waals surface area (Å²) in [4.78, 5) is 17.0. The van der Waals surface area contributed by atoms with Crippen molar-refractivity contribution in [3.63, 3.8) is 0 Å². The topological polar surface area (TPSA) is 35.6 Å². The minimum Gasteiger partial charge on any atom is -0.372 e. The van der Waals surface area contributed by atoms with E-state index < -0.39 is 12.1 Å². The van der Waals surface area contributed by atoms with E-state index in [4.69, 9.17) is 0 Å². The molecule has 2 fully saturated rings. The maximum Gasteiger partial charge on any atom is 0.391 e. The van der Waals surface area contributed by atoms with Gasteiger partial charge in [0.05, 0.1) is 5.92 Å². The summed E-state index contributed by atoms with van der Waals surface area (Å²) in [7, 11) is 0. The highest BCUT2D eigenvalue weighted by Crippen LogP contribution is 2.36. The van der Waals surface area contributed by atoms with Gasteiger partial charge in [-0.2, -0.15) is 13.2 Å². The number of rotatable bonds is 4. The second kappa shape index (κ2) is 9.16. The molecule has 1 saturated heterocycles. The van der Waals surface area contributed by atoms with Crippen LogP contribution in [0.3, 0.4) is 0 Å². The number of carbonyl (C=O) groups excluding carboxylic acids is 1. The van der Waals surface area contributed by atoms with Crippen LogP contribution in [0.15, 0.2) is 42.5 Å². The first-order valence-corrected chi connectivity index (χ1v) is 12.4. The minimum absolute atomic E-state index is 0.147. The van der Waals surface area contributed by atoms with Crippen molar-refractivity contribution in [1.82, 2.24) is 4.90 Å². The second-order valence-corrected chi connectivity index (χ2v) is 10.2. The molecule has 7 heteroatoms. The molecule has 1 aliphatic carbocycles. The highest BCUT2D eigenvalue weighted by Gasteiger charge is 2.41. The number of nitrogens with one attached hydrogen (secondary N) is 1. The molecule has 1 amide bonds. The van der Waals surface area contributed by atoms with E-state index in [1.54, 1.807) is 0 Å². The fraction of sp³-hybridized carbons (Fsp3) is 0.519. The van der Waals surface area contributed by atoms with Gasteiger partial charge in [-0.3, -0.25) is 4.79 Å². The highest BCUT2D eigenvalue weighted by atomic mass is 19.4. The van der Waals surface area contributed by atoms with Gasteiger partial charge >= 0.3 is 6.18 Å². The van der Waals surface area contributed by atoms with Gasteiger partial charge < -0.3 is 15.1 Å². The van der Waals surface area contributed by atoms with Crippen LogP contribution in [0.1, 0.15) is 61.4 Å². The molecule has 2 heterocycles. The average Bonchev–Trinajstić information content (AvgIpc) is 3.15. The first kappa shape index (κ1) is 23.1. The summed E-state index contributed by atoms with van der Waals surface area (Å²) in [6.07, 6.45) is 0.759. The summed E-state index contributed by atoms with van der Waals surface area (Å²) in [5.41, 5.74) is 4.67. The van der Waals surface area contributed by atoms with Crippen molar-refractivity contribution in [3.8, 4) is 0 Å². The van der Waals surface area contributed by atoms with Gasteiger partial charge in [0, 0.05) is 48.3 Å². The quantitative estimate of drug-likeness (QED) is 0.536. The van der Waals surface area contributed by atoms with Crippen molar-refractivity contribution in [2.75, 3.05) is 23.3 Å². The number of amides is 1. The van der Waals surface area contributed by atoms with E-state index in [1.165, 1.54) is 12.8 Å². The van der Waals surface area contributed by atoms with Crippen LogP contribution >= 0.6 is 0 Å². The number of anilines is 3. The van der Waals surface area contributed by atoms with Crippen molar-refractivity contribution < 1.29 is 18.0 Å². The summed E-state index contributed by atoms with van der Waals surface area (Å²) in [5, 5.41) is 3.41. The van der Waals surface area contributed by atoms with E-state index >= 15 is 0 Å². The third kappa shape index (κ3) is 4.75.